The van der Waals surface area contributed by atoms with Crippen molar-refractivity contribution < 1.29 is 0 Å². The van der Waals surface area contributed by atoms with Gasteiger partial charge in [-0.2, -0.15) is 0 Å². The van der Waals surface area contributed by atoms with E-state index in [1.807, 2.05) is 18.5 Å². The van der Waals surface area contributed by atoms with Crippen molar-refractivity contribution in [2.24, 2.45) is 5.92 Å². The molecule has 0 amide bonds. The Morgan fingerprint density at radius 2 is 1.10 bits per heavy atom. The smallest absolute Gasteiger partial charge is 0.160 e. The van der Waals surface area contributed by atoms with Crippen molar-refractivity contribution in [2.45, 2.75) is 19.8 Å². The second kappa shape index (κ2) is 15.0. The van der Waals surface area contributed by atoms with E-state index in [4.69, 9.17) is 9.97 Å². The van der Waals surface area contributed by atoms with Crippen LogP contribution in [0, 0.1) is 5.92 Å². The predicted molar refractivity (Wildman–Crippen MR) is 244 cm³/mol. The van der Waals surface area contributed by atoms with E-state index in [1.54, 1.807) is 0 Å². The SMILES string of the molecule is C/C=C\c1ccccc1C1C=C(c2cc(-c3cccc(-c4cccnc4)c3)nc(-c3cccc(-c4ccc5c6ccccc6c6ccccc6c5c4)c3)n2)C=CC1C. The van der Waals surface area contributed by atoms with Crippen LogP contribution in [0.1, 0.15) is 36.6 Å². The molecule has 0 saturated carbocycles. The minimum absolute atomic E-state index is 0.201. The summed E-state index contributed by atoms with van der Waals surface area (Å²) in [6, 6.07) is 56.6. The first-order valence-corrected chi connectivity index (χ1v) is 20.1. The molecule has 9 aromatic rings. The average Bonchev–Trinajstić information content (AvgIpc) is 3.30. The molecule has 7 aromatic carbocycles. The zero-order chi connectivity index (χ0) is 39.0. The van der Waals surface area contributed by atoms with Crippen molar-refractivity contribution >= 4 is 44.0 Å². The average molecular weight is 744 g/mol. The summed E-state index contributed by atoms with van der Waals surface area (Å²) in [5.74, 6) is 1.23. The fraction of sp³-hybridized carbons (Fsp3) is 0.0727. The molecule has 0 aliphatic heterocycles. The van der Waals surface area contributed by atoms with Crippen molar-refractivity contribution in [1.29, 1.82) is 0 Å². The number of nitrogens with zero attached hydrogens (tertiary/aromatic N) is 3. The van der Waals surface area contributed by atoms with Crippen molar-refractivity contribution in [3.8, 4) is 44.9 Å². The summed E-state index contributed by atoms with van der Waals surface area (Å²) in [4.78, 5) is 15.0. The first-order chi connectivity index (χ1) is 28.6. The second-order valence-electron chi connectivity index (χ2n) is 15.2. The van der Waals surface area contributed by atoms with Crippen molar-refractivity contribution in [3.05, 3.63) is 211 Å². The lowest BCUT2D eigenvalue weighted by Gasteiger charge is -2.25. The van der Waals surface area contributed by atoms with Gasteiger partial charge in [0.15, 0.2) is 5.82 Å². The first-order valence-electron chi connectivity index (χ1n) is 20.1. The van der Waals surface area contributed by atoms with Gasteiger partial charge in [0.25, 0.3) is 0 Å². The van der Waals surface area contributed by atoms with Crippen LogP contribution in [0.25, 0.3) is 88.9 Å². The Morgan fingerprint density at radius 1 is 0.500 bits per heavy atom. The molecule has 0 N–H and O–H groups in total. The molecule has 2 unspecified atom stereocenters. The van der Waals surface area contributed by atoms with E-state index in [1.165, 1.54) is 43.4 Å². The van der Waals surface area contributed by atoms with E-state index < -0.39 is 0 Å². The van der Waals surface area contributed by atoms with Gasteiger partial charge in [-0.05, 0) is 109 Å². The molecule has 2 heterocycles. The van der Waals surface area contributed by atoms with Crippen LogP contribution in [0.2, 0.25) is 0 Å². The highest BCUT2D eigenvalue weighted by molar-refractivity contribution is 6.25. The summed E-state index contributed by atoms with van der Waals surface area (Å²) in [5.41, 5.74) is 11.9. The maximum absolute atomic E-state index is 5.35. The van der Waals surface area contributed by atoms with Crippen LogP contribution in [0.3, 0.4) is 0 Å². The summed E-state index contributed by atoms with van der Waals surface area (Å²) in [6.07, 6.45) is 15.0. The molecule has 0 radical (unpaired) electrons. The number of fused-ring (bicyclic) bond motifs is 6. The fourth-order valence-electron chi connectivity index (χ4n) is 8.65. The van der Waals surface area contributed by atoms with Crippen molar-refractivity contribution in [2.75, 3.05) is 0 Å². The zero-order valence-corrected chi connectivity index (χ0v) is 32.5. The highest BCUT2D eigenvalue weighted by Gasteiger charge is 2.23. The van der Waals surface area contributed by atoms with E-state index in [0.29, 0.717) is 11.7 Å². The van der Waals surface area contributed by atoms with E-state index in [2.05, 4.69) is 201 Å². The third-order valence-electron chi connectivity index (χ3n) is 11.6. The van der Waals surface area contributed by atoms with Crippen LogP contribution < -0.4 is 0 Å². The number of hydrogen-bond donors (Lipinski definition) is 0. The molecule has 0 saturated heterocycles. The molecule has 276 valence electrons. The molecule has 1 aliphatic rings. The molecule has 1 aliphatic carbocycles. The summed E-state index contributed by atoms with van der Waals surface area (Å²) < 4.78 is 0. The highest BCUT2D eigenvalue weighted by Crippen LogP contribution is 2.40. The molecule has 3 heteroatoms. The van der Waals surface area contributed by atoms with Crippen LogP contribution in [0.15, 0.2) is 194 Å². The number of allylic oxidation sites excluding steroid dienone is 5. The molecule has 0 bridgehead atoms. The minimum Gasteiger partial charge on any atom is -0.264 e. The molecule has 0 fully saturated rings. The topological polar surface area (TPSA) is 38.7 Å². The Hall–Kier alpha value is -7.23. The summed E-state index contributed by atoms with van der Waals surface area (Å²) in [5, 5.41) is 7.60. The second-order valence-corrected chi connectivity index (χ2v) is 15.2. The molecule has 3 nitrogen and oxygen atoms in total. The normalized spacial score (nSPS) is 15.4. The molecule has 2 aromatic heterocycles. The number of pyridine rings is 1. The number of benzene rings is 7. The van der Waals surface area contributed by atoms with Crippen molar-refractivity contribution in [3.63, 3.8) is 0 Å². The molecular weight excluding hydrogens is 703 g/mol. The van der Waals surface area contributed by atoms with Gasteiger partial charge in [0.2, 0.25) is 0 Å². The highest BCUT2D eigenvalue weighted by atomic mass is 14.9. The van der Waals surface area contributed by atoms with Gasteiger partial charge in [-0.15, -0.1) is 0 Å². The Morgan fingerprint density at radius 3 is 1.84 bits per heavy atom. The van der Waals surface area contributed by atoms with E-state index in [-0.39, 0.29) is 5.92 Å². The van der Waals surface area contributed by atoms with Crippen LogP contribution in [-0.2, 0) is 0 Å². The quantitative estimate of drug-likeness (QED) is 0.153. The van der Waals surface area contributed by atoms with Gasteiger partial charge in [0.1, 0.15) is 0 Å². The van der Waals surface area contributed by atoms with Gasteiger partial charge in [-0.1, -0.05) is 165 Å². The maximum Gasteiger partial charge on any atom is 0.160 e. The minimum atomic E-state index is 0.201. The maximum atomic E-state index is 5.35. The van der Waals surface area contributed by atoms with Crippen molar-refractivity contribution in [1.82, 2.24) is 15.0 Å². The zero-order valence-electron chi connectivity index (χ0n) is 32.5. The number of rotatable bonds is 7. The Labute approximate surface area is 339 Å². The predicted octanol–water partition coefficient (Wildman–Crippen LogP) is 14.4. The molecular formula is C55H41N3. The Balaban J connectivity index is 1.12. The van der Waals surface area contributed by atoms with Gasteiger partial charge in [0.05, 0.1) is 11.4 Å². The third-order valence-corrected chi connectivity index (χ3v) is 11.6. The molecule has 2 atom stereocenters. The van der Waals surface area contributed by atoms with Gasteiger partial charge < -0.3 is 0 Å². The lowest BCUT2D eigenvalue weighted by atomic mass is 9.79. The van der Waals surface area contributed by atoms with E-state index in [0.717, 1.165) is 50.3 Å². The standard InChI is InChI=1S/C55H41N3/c1-3-13-37-14-4-5-20-45(37)51-33-42(26-25-36(51)2)54-34-53(41-17-10-16-39(30-41)44-19-12-29-56-35-44)57-55(58-54)43-18-11-15-38(31-43)40-27-28-50-48-23-7-6-21-46(48)47-22-8-9-24-49(47)52(50)32-40/h3-36,51H,1-2H3/b13-3-. The lowest BCUT2D eigenvalue weighted by molar-refractivity contribution is 0.636. The molecule has 58 heavy (non-hydrogen) atoms. The fourth-order valence-corrected chi connectivity index (χ4v) is 8.65. The largest absolute Gasteiger partial charge is 0.264 e. The summed E-state index contributed by atoms with van der Waals surface area (Å²) in [7, 11) is 0. The van der Waals surface area contributed by atoms with Gasteiger partial charge in [-0.3, -0.25) is 4.98 Å². The summed E-state index contributed by atoms with van der Waals surface area (Å²) >= 11 is 0. The summed E-state index contributed by atoms with van der Waals surface area (Å²) in [6.45, 7) is 4.37. The molecule has 10 rings (SSSR count). The Kier molecular flexibility index (Phi) is 9.12. The van der Waals surface area contributed by atoms with Crippen LogP contribution in [0.4, 0.5) is 0 Å². The lowest BCUT2D eigenvalue weighted by Crippen LogP contribution is -2.11. The number of hydrogen-bond acceptors (Lipinski definition) is 3. The molecule has 0 spiro atoms. The first kappa shape index (κ1) is 35.2. The van der Waals surface area contributed by atoms with Crippen LogP contribution in [-0.4, -0.2) is 15.0 Å². The van der Waals surface area contributed by atoms with Gasteiger partial charge >= 0.3 is 0 Å². The van der Waals surface area contributed by atoms with E-state index in [9.17, 15) is 0 Å². The van der Waals surface area contributed by atoms with Gasteiger partial charge in [-0.25, -0.2) is 9.97 Å². The van der Waals surface area contributed by atoms with Crippen LogP contribution in [0.5, 0.6) is 0 Å². The van der Waals surface area contributed by atoms with E-state index >= 15 is 0 Å². The van der Waals surface area contributed by atoms with Gasteiger partial charge in [0, 0.05) is 35.0 Å². The third kappa shape index (κ3) is 6.51. The monoisotopic (exact) mass is 743 g/mol. The number of aromatic nitrogens is 3. The Bertz CT molecular complexity index is 3060. The van der Waals surface area contributed by atoms with Crippen LogP contribution >= 0.6 is 0 Å².